The molecule has 6 heteroatoms. The molecule has 0 radical (unpaired) electrons. The fraction of sp³-hybridized carbons (Fsp3) is 1.00. The first kappa shape index (κ1) is 22.8. The van der Waals surface area contributed by atoms with Gasteiger partial charge in [0.25, 0.3) is 0 Å². The molecule has 3 nitrogen and oxygen atoms in total. The summed E-state index contributed by atoms with van der Waals surface area (Å²) in [4.78, 5) is 0. The molecule has 0 heterocycles. The lowest BCUT2D eigenvalue weighted by Gasteiger charge is -2.46. The molecule has 0 aromatic heterocycles. The van der Waals surface area contributed by atoms with Crippen molar-refractivity contribution in [1.29, 1.82) is 0 Å². The topological polar surface area (TPSA) is 27.7 Å². The summed E-state index contributed by atoms with van der Waals surface area (Å²) in [6.07, 6.45) is 8.87. The van der Waals surface area contributed by atoms with Gasteiger partial charge < -0.3 is 13.3 Å². The summed E-state index contributed by atoms with van der Waals surface area (Å²) in [7, 11) is -2.55. The van der Waals surface area contributed by atoms with Crippen molar-refractivity contribution in [3.8, 4) is 0 Å². The molecular weight excluding hydrogens is 356 g/mol. The van der Waals surface area contributed by atoms with Gasteiger partial charge in [-0.25, -0.2) is 0 Å². The molecule has 24 heavy (non-hydrogen) atoms. The second kappa shape index (κ2) is 12.2. The third-order valence-corrected chi connectivity index (χ3v) is 8.98. The van der Waals surface area contributed by atoms with Crippen LogP contribution in [0.4, 0.5) is 0 Å². The molecule has 0 saturated heterocycles. The lowest BCUT2D eigenvalue weighted by atomic mass is 9.62. The SMILES string of the molecule is CCO[Si](CCC1(CCS)CCCCC1CCS)(OCC)OCC. The van der Waals surface area contributed by atoms with Gasteiger partial charge in [0.2, 0.25) is 0 Å². The van der Waals surface area contributed by atoms with Gasteiger partial charge in [0.1, 0.15) is 0 Å². The van der Waals surface area contributed by atoms with E-state index in [9.17, 15) is 0 Å². The Balaban J connectivity index is 2.90. The van der Waals surface area contributed by atoms with E-state index in [0.29, 0.717) is 25.2 Å². The predicted octanol–water partition coefficient (Wildman–Crippen LogP) is 5.24. The van der Waals surface area contributed by atoms with Gasteiger partial charge in [-0.05, 0) is 75.7 Å². The van der Waals surface area contributed by atoms with Crippen LogP contribution in [0.1, 0.15) is 65.7 Å². The first-order valence-electron chi connectivity index (χ1n) is 9.75. The van der Waals surface area contributed by atoms with E-state index in [1.807, 2.05) is 20.8 Å². The van der Waals surface area contributed by atoms with Gasteiger partial charge in [-0.1, -0.05) is 12.8 Å². The molecule has 1 saturated carbocycles. The van der Waals surface area contributed by atoms with E-state index in [4.69, 9.17) is 13.3 Å². The second-order valence-electron chi connectivity index (χ2n) is 6.77. The summed E-state index contributed by atoms with van der Waals surface area (Å²) >= 11 is 9.10. The third kappa shape index (κ3) is 6.51. The Morgan fingerprint density at radius 2 is 1.54 bits per heavy atom. The van der Waals surface area contributed by atoms with Crippen molar-refractivity contribution in [2.45, 2.75) is 71.8 Å². The highest BCUT2D eigenvalue weighted by Gasteiger charge is 2.46. The van der Waals surface area contributed by atoms with E-state index < -0.39 is 8.80 Å². The zero-order valence-corrected chi connectivity index (χ0v) is 18.7. The van der Waals surface area contributed by atoms with Gasteiger partial charge in [0.05, 0.1) is 0 Å². The van der Waals surface area contributed by atoms with Crippen molar-refractivity contribution in [3.63, 3.8) is 0 Å². The van der Waals surface area contributed by atoms with E-state index in [1.165, 1.54) is 38.5 Å². The standard InChI is InChI=1S/C18H38O3S2Si/c1-4-19-24(20-5-2,21-6-3)16-13-18(12-15-23)11-8-7-9-17(18)10-14-22/h17,22-23H,4-16H2,1-3H3. The first-order valence-corrected chi connectivity index (χ1v) is 12.9. The van der Waals surface area contributed by atoms with E-state index in [1.54, 1.807) is 0 Å². The molecule has 0 aromatic carbocycles. The van der Waals surface area contributed by atoms with Crippen LogP contribution in [0.25, 0.3) is 0 Å². The minimum atomic E-state index is -2.55. The summed E-state index contributed by atoms with van der Waals surface area (Å²) in [5, 5.41) is 0. The lowest BCUT2D eigenvalue weighted by Crippen LogP contribution is -2.48. The van der Waals surface area contributed by atoms with E-state index in [2.05, 4.69) is 25.3 Å². The molecular formula is C18H38O3S2Si. The normalized spacial score (nSPS) is 25.1. The van der Waals surface area contributed by atoms with Gasteiger partial charge in [0.15, 0.2) is 0 Å². The van der Waals surface area contributed by atoms with Crippen LogP contribution in [0, 0.1) is 11.3 Å². The number of thiol groups is 2. The first-order chi connectivity index (χ1) is 11.6. The Labute approximate surface area is 161 Å². The minimum Gasteiger partial charge on any atom is -0.374 e. The highest BCUT2D eigenvalue weighted by molar-refractivity contribution is 7.80. The summed E-state index contributed by atoms with van der Waals surface area (Å²) < 4.78 is 18.2. The molecule has 0 bridgehead atoms. The number of rotatable bonds is 13. The molecule has 0 N–H and O–H groups in total. The lowest BCUT2D eigenvalue weighted by molar-refractivity contribution is 0.0478. The third-order valence-electron chi connectivity index (χ3n) is 5.45. The second-order valence-corrected chi connectivity index (χ2v) is 10.4. The van der Waals surface area contributed by atoms with Crippen molar-refractivity contribution in [2.24, 2.45) is 11.3 Å². The van der Waals surface area contributed by atoms with Crippen LogP contribution in [-0.2, 0) is 13.3 Å². The van der Waals surface area contributed by atoms with Crippen molar-refractivity contribution >= 4 is 34.1 Å². The van der Waals surface area contributed by atoms with Crippen LogP contribution in [0.3, 0.4) is 0 Å². The molecule has 1 aliphatic carbocycles. The Kier molecular flexibility index (Phi) is 11.6. The zero-order chi connectivity index (χ0) is 17.9. The highest BCUT2D eigenvalue weighted by Crippen LogP contribution is 2.50. The molecule has 144 valence electrons. The average Bonchev–Trinajstić information content (AvgIpc) is 2.56. The largest absolute Gasteiger partial charge is 0.500 e. The average molecular weight is 395 g/mol. The van der Waals surface area contributed by atoms with E-state index >= 15 is 0 Å². The molecule has 2 atom stereocenters. The summed E-state index contributed by atoms with van der Waals surface area (Å²) in [6.45, 7) is 8.08. The number of hydrogen-bond donors (Lipinski definition) is 2. The molecule has 1 aliphatic rings. The Morgan fingerprint density at radius 3 is 2.04 bits per heavy atom. The van der Waals surface area contributed by atoms with E-state index in [-0.39, 0.29) is 0 Å². The summed E-state index contributed by atoms with van der Waals surface area (Å²) in [5.74, 6) is 2.69. The van der Waals surface area contributed by atoms with Gasteiger partial charge in [0, 0.05) is 25.9 Å². The molecule has 1 fully saturated rings. The maximum Gasteiger partial charge on any atom is 0.500 e. The maximum absolute atomic E-state index is 6.08. The van der Waals surface area contributed by atoms with Crippen molar-refractivity contribution in [2.75, 3.05) is 31.3 Å². The van der Waals surface area contributed by atoms with Crippen LogP contribution in [0.5, 0.6) is 0 Å². The van der Waals surface area contributed by atoms with Crippen LogP contribution in [-0.4, -0.2) is 40.1 Å². The molecule has 0 spiro atoms. The quantitative estimate of drug-likeness (QED) is 0.330. The highest BCUT2D eigenvalue weighted by atomic mass is 32.1. The Morgan fingerprint density at radius 1 is 0.917 bits per heavy atom. The smallest absolute Gasteiger partial charge is 0.374 e. The molecule has 0 aromatic rings. The van der Waals surface area contributed by atoms with Crippen molar-refractivity contribution < 1.29 is 13.3 Å². The minimum absolute atomic E-state index is 0.367. The Bertz CT molecular complexity index is 310. The van der Waals surface area contributed by atoms with Crippen molar-refractivity contribution in [3.05, 3.63) is 0 Å². The Hall–Kier alpha value is 0.797. The fourth-order valence-corrected chi connectivity index (χ4v) is 7.96. The molecule has 0 amide bonds. The van der Waals surface area contributed by atoms with Gasteiger partial charge in [-0.3, -0.25) is 0 Å². The van der Waals surface area contributed by atoms with Crippen LogP contribution in [0.2, 0.25) is 6.04 Å². The molecule has 2 unspecified atom stereocenters. The van der Waals surface area contributed by atoms with Gasteiger partial charge in [-0.15, -0.1) is 0 Å². The van der Waals surface area contributed by atoms with Crippen molar-refractivity contribution in [1.82, 2.24) is 0 Å². The van der Waals surface area contributed by atoms with Gasteiger partial charge in [-0.2, -0.15) is 25.3 Å². The van der Waals surface area contributed by atoms with Gasteiger partial charge >= 0.3 is 8.80 Å². The zero-order valence-electron chi connectivity index (χ0n) is 15.9. The van der Waals surface area contributed by atoms with E-state index in [0.717, 1.165) is 29.9 Å². The van der Waals surface area contributed by atoms with Crippen LogP contribution >= 0.6 is 25.3 Å². The maximum atomic E-state index is 6.08. The summed E-state index contributed by atoms with van der Waals surface area (Å²) in [5.41, 5.74) is 0.367. The van der Waals surface area contributed by atoms with Crippen LogP contribution < -0.4 is 0 Å². The monoisotopic (exact) mass is 394 g/mol. The van der Waals surface area contributed by atoms with Crippen LogP contribution in [0.15, 0.2) is 0 Å². The fourth-order valence-electron chi connectivity index (χ4n) is 4.39. The number of hydrogen-bond acceptors (Lipinski definition) is 5. The predicted molar refractivity (Wildman–Crippen MR) is 111 cm³/mol. The summed E-state index contributed by atoms with van der Waals surface area (Å²) in [6, 6.07) is 0.930. The molecule has 0 aliphatic heterocycles. The molecule has 1 rings (SSSR count).